The quantitative estimate of drug-likeness (QED) is 0.521. The third-order valence-electron chi connectivity index (χ3n) is 3.38. The van der Waals surface area contributed by atoms with Gasteiger partial charge in [-0.15, -0.1) is 0 Å². The van der Waals surface area contributed by atoms with E-state index in [1.807, 2.05) is 0 Å². The number of fused-ring (bicyclic) bond motifs is 2. The molecule has 0 heterocycles. The number of ketones is 1. The molecule has 0 aromatic heterocycles. The summed E-state index contributed by atoms with van der Waals surface area (Å²) in [4.78, 5) is 11.7. The maximum absolute atomic E-state index is 11.7. The lowest BCUT2D eigenvalue weighted by atomic mass is 9.71. The van der Waals surface area contributed by atoms with Crippen molar-refractivity contribution >= 4 is 5.78 Å². The van der Waals surface area contributed by atoms with Crippen LogP contribution in [0.25, 0.3) is 0 Å². The third kappa shape index (κ3) is 1.02. The van der Waals surface area contributed by atoms with Crippen molar-refractivity contribution in [2.45, 2.75) is 39.5 Å². The summed E-state index contributed by atoms with van der Waals surface area (Å²) >= 11 is 0. The molecule has 0 N–H and O–H groups in total. The molecule has 0 amide bonds. The molecule has 2 aliphatic rings. The highest BCUT2D eigenvalue weighted by Gasteiger charge is 2.44. The smallest absolute Gasteiger partial charge is 0.141 e. The SMILES string of the molecule is CC1(C)CC2CCC(C2)C1=O. The minimum atomic E-state index is 0.00405. The Kier molecular flexibility index (Phi) is 1.39. The highest BCUT2D eigenvalue weighted by Crippen LogP contribution is 2.47. The van der Waals surface area contributed by atoms with Gasteiger partial charge >= 0.3 is 0 Å². The van der Waals surface area contributed by atoms with E-state index < -0.39 is 0 Å². The Bertz CT molecular complexity index is 193. The predicted octanol–water partition coefficient (Wildman–Crippen LogP) is 2.40. The third-order valence-corrected chi connectivity index (χ3v) is 3.38. The zero-order valence-corrected chi connectivity index (χ0v) is 7.39. The fourth-order valence-electron chi connectivity index (χ4n) is 2.87. The fourth-order valence-corrected chi connectivity index (χ4v) is 2.87. The molecule has 2 unspecified atom stereocenters. The van der Waals surface area contributed by atoms with Crippen molar-refractivity contribution < 1.29 is 4.79 Å². The number of carbonyl (C=O) groups excluding carboxylic acids is 1. The number of Topliss-reactive ketones (excluding diaryl/α,β-unsaturated/α-hetero) is 1. The Labute approximate surface area is 68.2 Å². The minimum Gasteiger partial charge on any atom is -0.299 e. The van der Waals surface area contributed by atoms with Gasteiger partial charge in [0, 0.05) is 11.3 Å². The molecule has 2 bridgehead atoms. The Morgan fingerprint density at radius 1 is 1.36 bits per heavy atom. The van der Waals surface area contributed by atoms with Crippen molar-refractivity contribution in [3.63, 3.8) is 0 Å². The molecule has 2 atom stereocenters. The minimum absolute atomic E-state index is 0.00405. The van der Waals surface area contributed by atoms with E-state index in [0.29, 0.717) is 11.7 Å². The Balaban J connectivity index is 2.25. The summed E-state index contributed by atoms with van der Waals surface area (Å²) in [5.41, 5.74) is 0.00405. The van der Waals surface area contributed by atoms with Gasteiger partial charge in [0.2, 0.25) is 0 Å². The molecule has 1 nitrogen and oxygen atoms in total. The van der Waals surface area contributed by atoms with Crippen molar-refractivity contribution in [2.24, 2.45) is 17.3 Å². The van der Waals surface area contributed by atoms with Crippen LogP contribution >= 0.6 is 0 Å². The Morgan fingerprint density at radius 2 is 2.09 bits per heavy atom. The van der Waals surface area contributed by atoms with E-state index >= 15 is 0 Å². The van der Waals surface area contributed by atoms with Gasteiger partial charge in [0.1, 0.15) is 5.78 Å². The fraction of sp³-hybridized carbons (Fsp3) is 0.900. The molecule has 0 saturated heterocycles. The molecule has 2 rings (SSSR count). The summed E-state index contributed by atoms with van der Waals surface area (Å²) in [5, 5.41) is 0. The molecule has 62 valence electrons. The first-order valence-corrected chi connectivity index (χ1v) is 4.64. The van der Waals surface area contributed by atoms with E-state index in [4.69, 9.17) is 0 Å². The molecule has 2 aliphatic carbocycles. The Morgan fingerprint density at radius 3 is 2.82 bits per heavy atom. The van der Waals surface area contributed by atoms with Gasteiger partial charge in [-0.05, 0) is 31.6 Å². The zero-order valence-electron chi connectivity index (χ0n) is 7.39. The topological polar surface area (TPSA) is 17.1 Å². The number of rotatable bonds is 0. The van der Waals surface area contributed by atoms with Gasteiger partial charge in [-0.25, -0.2) is 0 Å². The van der Waals surface area contributed by atoms with E-state index in [-0.39, 0.29) is 5.41 Å². The number of hydrogen-bond donors (Lipinski definition) is 0. The first kappa shape index (κ1) is 7.33. The predicted molar refractivity (Wildman–Crippen MR) is 44.2 cm³/mol. The lowest BCUT2D eigenvalue weighted by Crippen LogP contribution is -2.34. The van der Waals surface area contributed by atoms with Gasteiger partial charge in [0.05, 0.1) is 0 Å². The van der Waals surface area contributed by atoms with Crippen LogP contribution in [0.3, 0.4) is 0 Å². The highest BCUT2D eigenvalue weighted by molar-refractivity contribution is 5.87. The van der Waals surface area contributed by atoms with Crippen molar-refractivity contribution in [1.29, 1.82) is 0 Å². The van der Waals surface area contributed by atoms with Crippen LogP contribution in [0, 0.1) is 17.3 Å². The van der Waals surface area contributed by atoms with Crippen LogP contribution in [0.2, 0.25) is 0 Å². The van der Waals surface area contributed by atoms with Crippen LogP contribution < -0.4 is 0 Å². The summed E-state index contributed by atoms with van der Waals surface area (Å²) < 4.78 is 0. The molecule has 0 spiro atoms. The molecule has 2 fully saturated rings. The first-order valence-electron chi connectivity index (χ1n) is 4.64. The zero-order chi connectivity index (χ0) is 8.06. The van der Waals surface area contributed by atoms with Gasteiger partial charge in [0.15, 0.2) is 0 Å². The van der Waals surface area contributed by atoms with Gasteiger partial charge in [-0.3, -0.25) is 4.79 Å². The van der Waals surface area contributed by atoms with Gasteiger partial charge in [-0.2, -0.15) is 0 Å². The van der Waals surface area contributed by atoms with E-state index in [1.54, 1.807) is 0 Å². The summed E-state index contributed by atoms with van der Waals surface area (Å²) in [6, 6.07) is 0. The molecule has 0 aliphatic heterocycles. The second kappa shape index (κ2) is 2.09. The van der Waals surface area contributed by atoms with E-state index in [1.165, 1.54) is 19.3 Å². The second-order valence-electron chi connectivity index (χ2n) is 4.83. The molecule has 0 aromatic rings. The van der Waals surface area contributed by atoms with E-state index in [0.717, 1.165) is 12.3 Å². The van der Waals surface area contributed by atoms with Gasteiger partial charge < -0.3 is 0 Å². The molecule has 11 heavy (non-hydrogen) atoms. The van der Waals surface area contributed by atoms with Gasteiger partial charge in [0.25, 0.3) is 0 Å². The maximum atomic E-state index is 11.7. The molecular formula is C10H16O. The number of carbonyl (C=O) groups is 1. The monoisotopic (exact) mass is 152 g/mol. The average molecular weight is 152 g/mol. The van der Waals surface area contributed by atoms with E-state index in [9.17, 15) is 4.79 Å². The van der Waals surface area contributed by atoms with Crippen molar-refractivity contribution in [3.05, 3.63) is 0 Å². The molecular weight excluding hydrogens is 136 g/mol. The number of hydrogen-bond acceptors (Lipinski definition) is 1. The van der Waals surface area contributed by atoms with Crippen LogP contribution in [0.1, 0.15) is 39.5 Å². The average Bonchev–Trinajstić information content (AvgIpc) is 2.29. The van der Waals surface area contributed by atoms with Crippen molar-refractivity contribution in [2.75, 3.05) is 0 Å². The van der Waals surface area contributed by atoms with Crippen LogP contribution in [0.5, 0.6) is 0 Å². The summed E-state index contributed by atoms with van der Waals surface area (Å²) in [6.07, 6.45) is 4.82. The summed E-state index contributed by atoms with van der Waals surface area (Å²) in [5.74, 6) is 1.84. The lowest BCUT2D eigenvalue weighted by Gasteiger charge is -2.32. The normalized spacial score (nSPS) is 41.1. The van der Waals surface area contributed by atoms with Crippen LogP contribution in [-0.4, -0.2) is 5.78 Å². The van der Waals surface area contributed by atoms with Crippen molar-refractivity contribution in [1.82, 2.24) is 0 Å². The molecule has 0 aromatic carbocycles. The van der Waals surface area contributed by atoms with Crippen LogP contribution in [0.15, 0.2) is 0 Å². The molecule has 1 heteroatoms. The van der Waals surface area contributed by atoms with Crippen LogP contribution in [0.4, 0.5) is 0 Å². The second-order valence-corrected chi connectivity index (χ2v) is 4.83. The van der Waals surface area contributed by atoms with Crippen molar-refractivity contribution in [3.8, 4) is 0 Å². The summed E-state index contributed by atoms with van der Waals surface area (Å²) in [7, 11) is 0. The standard InChI is InChI=1S/C10H16O/c1-10(2)6-7-3-4-8(5-7)9(10)11/h7-8H,3-6H2,1-2H3. The van der Waals surface area contributed by atoms with Gasteiger partial charge in [-0.1, -0.05) is 13.8 Å². The van der Waals surface area contributed by atoms with Crippen LogP contribution in [-0.2, 0) is 4.79 Å². The molecule has 0 radical (unpaired) electrons. The van der Waals surface area contributed by atoms with E-state index in [2.05, 4.69) is 13.8 Å². The summed E-state index contributed by atoms with van der Waals surface area (Å²) in [6.45, 7) is 4.22. The first-order chi connectivity index (χ1) is 5.09. The largest absolute Gasteiger partial charge is 0.299 e. The lowest BCUT2D eigenvalue weighted by molar-refractivity contribution is -0.133. The molecule has 2 saturated carbocycles. The Hall–Kier alpha value is -0.330. The highest BCUT2D eigenvalue weighted by atomic mass is 16.1. The maximum Gasteiger partial charge on any atom is 0.141 e.